The Labute approximate surface area is 124 Å². The van der Waals surface area contributed by atoms with Gasteiger partial charge in [-0.2, -0.15) is 0 Å². The molecule has 0 aliphatic rings. The molecule has 0 unspecified atom stereocenters. The summed E-state index contributed by atoms with van der Waals surface area (Å²) in [6.07, 6.45) is 0. The third kappa shape index (κ3) is 4.30. The van der Waals surface area contributed by atoms with E-state index >= 15 is 0 Å². The Morgan fingerprint density at radius 2 is 2.21 bits per heavy atom. The van der Waals surface area contributed by atoms with Crippen molar-refractivity contribution in [2.24, 2.45) is 0 Å². The lowest BCUT2D eigenvalue weighted by atomic mass is 10.3. The van der Waals surface area contributed by atoms with Crippen molar-refractivity contribution in [2.45, 2.75) is 13.5 Å². The van der Waals surface area contributed by atoms with E-state index in [9.17, 15) is 4.39 Å². The van der Waals surface area contributed by atoms with Gasteiger partial charge in [-0.1, -0.05) is 0 Å². The van der Waals surface area contributed by atoms with E-state index in [0.717, 1.165) is 17.6 Å². The standard InChI is InChI=1S/C14H15BrFNOS/c1-10-4-7-19-14(10)9-17-5-6-18-13-8-11(16)2-3-12(13)15/h2-4,7-8,17H,5-6,9H2,1H3. The highest BCUT2D eigenvalue weighted by Gasteiger charge is 2.03. The zero-order valence-electron chi connectivity index (χ0n) is 10.6. The molecule has 1 N–H and O–H groups in total. The fourth-order valence-corrected chi connectivity index (χ4v) is 2.84. The van der Waals surface area contributed by atoms with E-state index < -0.39 is 0 Å². The number of aryl methyl sites for hydroxylation is 1. The number of nitrogens with one attached hydrogen (secondary N) is 1. The van der Waals surface area contributed by atoms with Gasteiger partial charge in [0, 0.05) is 24.0 Å². The van der Waals surface area contributed by atoms with Crippen molar-refractivity contribution in [1.29, 1.82) is 0 Å². The average Bonchev–Trinajstić information content (AvgIpc) is 2.79. The third-order valence-corrected chi connectivity index (χ3v) is 4.36. The highest BCUT2D eigenvalue weighted by atomic mass is 79.9. The van der Waals surface area contributed by atoms with Crippen LogP contribution >= 0.6 is 27.3 Å². The zero-order chi connectivity index (χ0) is 13.7. The summed E-state index contributed by atoms with van der Waals surface area (Å²) >= 11 is 5.08. The van der Waals surface area contributed by atoms with Gasteiger partial charge in [-0.05, 0) is 52.0 Å². The molecule has 2 aromatic rings. The van der Waals surface area contributed by atoms with Gasteiger partial charge in [-0.15, -0.1) is 11.3 Å². The van der Waals surface area contributed by atoms with Gasteiger partial charge in [0.1, 0.15) is 18.2 Å². The molecule has 0 amide bonds. The summed E-state index contributed by atoms with van der Waals surface area (Å²) in [5.74, 6) is 0.245. The Hall–Kier alpha value is -0.910. The largest absolute Gasteiger partial charge is 0.491 e. The summed E-state index contributed by atoms with van der Waals surface area (Å²) in [7, 11) is 0. The Balaban J connectivity index is 1.72. The van der Waals surface area contributed by atoms with Crippen LogP contribution in [0.25, 0.3) is 0 Å². The number of hydrogen-bond acceptors (Lipinski definition) is 3. The normalized spacial score (nSPS) is 10.7. The molecule has 1 heterocycles. The van der Waals surface area contributed by atoms with Crippen LogP contribution < -0.4 is 10.1 Å². The number of rotatable bonds is 6. The van der Waals surface area contributed by atoms with Gasteiger partial charge in [0.25, 0.3) is 0 Å². The summed E-state index contributed by atoms with van der Waals surface area (Å²) in [6, 6.07) is 6.54. The van der Waals surface area contributed by atoms with Crippen molar-refractivity contribution in [3.05, 3.63) is 50.4 Å². The predicted molar refractivity (Wildman–Crippen MR) is 80.4 cm³/mol. The van der Waals surface area contributed by atoms with E-state index in [1.54, 1.807) is 17.4 Å². The summed E-state index contributed by atoms with van der Waals surface area (Å²) in [5, 5.41) is 5.40. The van der Waals surface area contributed by atoms with Crippen LogP contribution in [0.2, 0.25) is 0 Å². The molecule has 0 aliphatic carbocycles. The van der Waals surface area contributed by atoms with E-state index in [1.807, 2.05) is 0 Å². The van der Waals surface area contributed by atoms with E-state index in [2.05, 4.69) is 39.6 Å². The Morgan fingerprint density at radius 1 is 1.37 bits per heavy atom. The van der Waals surface area contributed by atoms with Gasteiger partial charge in [-0.3, -0.25) is 0 Å². The minimum atomic E-state index is -0.291. The van der Waals surface area contributed by atoms with Crippen molar-refractivity contribution in [3.63, 3.8) is 0 Å². The van der Waals surface area contributed by atoms with E-state index in [1.165, 1.54) is 22.6 Å². The number of hydrogen-bond donors (Lipinski definition) is 1. The molecule has 1 aromatic carbocycles. The van der Waals surface area contributed by atoms with Crippen LogP contribution in [-0.2, 0) is 6.54 Å². The van der Waals surface area contributed by atoms with Crippen molar-refractivity contribution < 1.29 is 9.13 Å². The van der Waals surface area contributed by atoms with Gasteiger partial charge < -0.3 is 10.1 Å². The van der Waals surface area contributed by atoms with Crippen molar-refractivity contribution >= 4 is 27.3 Å². The molecule has 0 atom stereocenters. The molecule has 102 valence electrons. The first-order chi connectivity index (χ1) is 9.16. The van der Waals surface area contributed by atoms with Gasteiger partial charge in [0.05, 0.1) is 4.47 Å². The quantitative estimate of drug-likeness (QED) is 0.796. The first kappa shape index (κ1) is 14.5. The van der Waals surface area contributed by atoms with Gasteiger partial charge in [0.15, 0.2) is 0 Å². The van der Waals surface area contributed by atoms with E-state index in [4.69, 9.17) is 4.74 Å². The fourth-order valence-electron chi connectivity index (χ4n) is 1.61. The van der Waals surface area contributed by atoms with Gasteiger partial charge in [0.2, 0.25) is 0 Å². The molecule has 0 aliphatic heterocycles. The van der Waals surface area contributed by atoms with Crippen LogP contribution in [0.5, 0.6) is 5.75 Å². The topological polar surface area (TPSA) is 21.3 Å². The van der Waals surface area contributed by atoms with Crippen molar-refractivity contribution in [2.75, 3.05) is 13.2 Å². The maximum Gasteiger partial charge on any atom is 0.136 e. The maximum atomic E-state index is 13.0. The number of halogens is 2. The Bertz CT molecular complexity index is 544. The lowest BCUT2D eigenvalue weighted by Gasteiger charge is -2.09. The first-order valence-electron chi connectivity index (χ1n) is 5.98. The molecule has 5 heteroatoms. The average molecular weight is 344 g/mol. The molecule has 2 rings (SSSR count). The van der Waals surface area contributed by atoms with E-state index in [0.29, 0.717) is 12.4 Å². The third-order valence-electron chi connectivity index (χ3n) is 2.68. The molecular weight excluding hydrogens is 329 g/mol. The second-order valence-corrected chi connectivity index (χ2v) is 5.98. The molecular formula is C14H15BrFNOS. The van der Waals surface area contributed by atoms with Crippen molar-refractivity contribution in [3.8, 4) is 5.75 Å². The molecule has 19 heavy (non-hydrogen) atoms. The molecule has 0 fully saturated rings. The molecule has 0 saturated heterocycles. The van der Waals surface area contributed by atoms with Crippen LogP contribution in [0.15, 0.2) is 34.1 Å². The van der Waals surface area contributed by atoms with Gasteiger partial charge in [-0.25, -0.2) is 4.39 Å². The van der Waals surface area contributed by atoms with Crippen LogP contribution in [-0.4, -0.2) is 13.2 Å². The fraction of sp³-hybridized carbons (Fsp3) is 0.286. The zero-order valence-corrected chi connectivity index (χ0v) is 13.0. The van der Waals surface area contributed by atoms with Crippen LogP contribution in [0, 0.1) is 12.7 Å². The minimum Gasteiger partial charge on any atom is -0.491 e. The van der Waals surface area contributed by atoms with E-state index in [-0.39, 0.29) is 5.82 Å². The number of ether oxygens (including phenoxy) is 1. The van der Waals surface area contributed by atoms with Crippen LogP contribution in [0.4, 0.5) is 4.39 Å². The Kier molecular flexibility index (Phi) is 5.36. The SMILES string of the molecule is Cc1ccsc1CNCCOc1cc(F)ccc1Br. The Morgan fingerprint density at radius 3 is 2.95 bits per heavy atom. The summed E-state index contributed by atoms with van der Waals surface area (Å²) in [4.78, 5) is 1.34. The molecule has 1 aromatic heterocycles. The highest BCUT2D eigenvalue weighted by molar-refractivity contribution is 9.10. The van der Waals surface area contributed by atoms with Crippen molar-refractivity contribution in [1.82, 2.24) is 5.32 Å². The molecule has 0 radical (unpaired) electrons. The number of thiophene rings is 1. The van der Waals surface area contributed by atoms with Crippen LogP contribution in [0.3, 0.4) is 0 Å². The summed E-state index contributed by atoms with van der Waals surface area (Å²) < 4.78 is 19.3. The summed E-state index contributed by atoms with van der Waals surface area (Å²) in [5.41, 5.74) is 1.31. The lowest BCUT2D eigenvalue weighted by Crippen LogP contribution is -2.20. The lowest BCUT2D eigenvalue weighted by molar-refractivity contribution is 0.310. The monoisotopic (exact) mass is 343 g/mol. The molecule has 0 bridgehead atoms. The molecule has 2 nitrogen and oxygen atoms in total. The second kappa shape index (κ2) is 7.03. The van der Waals surface area contributed by atoms with Gasteiger partial charge >= 0.3 is 0 Å². The second-order valence-electron chi connectivity index (χ2n) is 4.13. The minimum absolute atomic E-state index is 0.291. The summed E-state index contributed by atoms with van der Waals surface area (Å²) in [6.45, 7) is 4.18. The molecule has 0 saturated carbocycles. The van der Waals surface area contributed by atoms with Crippen LogP contribution in [0.1, 0.15) is 10.4 Å². The number of benzene rings is 1. The highest BCUT2D eigenvalue weighted by Crippen LogP contribution is 2.25. The molecule has 0 spiro atoms. The predicted octanol–water partition coefficient (Wildman–Crippen LogP) is 4.13. The first-order valence-corrected chi connectivity index (χ1v) is 7.65. The maximum absolute atomic E-state index is 13.0. The smallest absolute Gasteiger partial charge is 0.136 e.